The normalized spacial score (nSPS) is 11.4. The monoisotopic (exact) mass is 521 g/mol. The summed E-state index contributed by atoms with van der Waals surface area (Å²) in [6.07, 6.45) is -0.0111. The fourth-order valence-corrected chi connectivity index (χ4v) is 4.19. The summed E-state index contributed by atoms with van der Waals surface area (Å²) in [6, 6.07) is 36.4. The predicted octanol–water partition coefficient (Wildman–Crippen LogP) is 5.57. The number of ether oxygens (including phenoxy) is 2. The van der Waals surface area contributed by atoms with Crippen molar-refractivity contribution in [1.29, 1.82) is 0 Å². The molecule has 1 atom stereocenters. The van der Waals surface area contributed by atoms with Crippen LogP contribution in [0.3, 0.4) is 0 Å². The van der Waals surface area contributed by atoms with Gasteiger partial charge in [-0.05, 0) is 28.7 Å². The number of rotatable bonds is 12. The molecule has 0 unspecified atom stereocenters. The van der Waals surface area contributed by atoms with Crippen LogP contribution < -0.4 is 5.32 Å². The Kier molecular flexibility index (Phi) is 10.0. The van der Waals surface area contributed by atoms with Gasteiger partial charge >= 0.3 is 11.9 Å². The van der Waals surface area contributed by atoms with Gasteiger partial charge in [0.2, 0.25) is 5.91 Å². The molecule has 0 saturated heterocycles. The maximum atomic E-state index is 13.7. The van der Waals surface area contributed by atoms with Gasteiger partial charge in [-0.3, -0.25) is 9.59 Å². The molecular weight excluding hydrogens is 490 g/mol. The molecule has 0 heterocycles. The van der Waals surface area contributed by atoms with Crippen LogP contribution in [0.1, 0.15) is 41.0 Å². The predicted molar refractivity (Wildman–Crippen MR) is 148 cm³/mol. The van der Waals surface area contributed by atoms with Crippen molar-refractivity contribution < 1.29 is 23.9 Å². The van der Waals surface area contributed by atoms with Crippen LogP contribution in [-0.4, -0.2) is 23.9 Å². The first-order valence-corrected chi connectivity index (χ1v) is 12.9. The van der Waals surface area contributed by atoms with E-state index in [0.717, 1.165) is 22.3 Å². The molecular formula is C33H31NO5. The number of carbonyl (C=O) groups is 3. The largest absolute Gasteiger partial charge is 0.461 e. The number of carbonyl (C=O) groups excluding carboxylic acids is 3. The zero-order chi connectivity index (χ0) is 27.3. The molecule has 4 rings (SSSR count). The standard InChI is InChI=1S/C33H31NO5/c35-30(38-23-25-13-5-1-6-14-25)22-21-29(33(37)39-24-26-15-7-2-8-16-26)34-32(36)31(27-17-9-3-10-18-27)28-19-11-4-12-20-28/h1-20,29,31H,21-24H2,(H,34,36)/t29-/m1/s1. The smallest absolute Gasteiger partial charge is 0.328 e. The van der Waals surface area contributed by atoms with Crippen LogP contribution in [0.25, 0.3) is 0 Å². The second-order valence-electron chi connectivity index (χ2n) is 9.09. The third-order valence-corrected chi connectivity index (χ3v) is 6.23. The molecule has 4 aromatic rings. The molecule has 1 amide bonds. The molecule has 1 N–H and O–H groups in total. The summed E-state index contributed by atoms with van der Waals surface area (Å²) >= 11 is 0. The molecule has 198 valence electrons. The lowest BCUT2D eigenvalue weighted by Crippen LogP contribution is -2.44. The molecule has 0 radical (unpaired) electrons. The second-order valence-corrected chi connectivity index (χ2v) is 9.09. The lowest BCUT2D eigenvalue weighted by atomic mass is 9.90. The molecule has 4 aromatic carbocycles. The van der Waals surface area contributed by atoms with E-state index < -0.39 is 23.9 Å². The van der Waals surface area contributed by atoms with E-state index in [1.54, 1.807) is 0 Å². The van der Waals surface area contributed by atoms with Crippen molar-refractivity contribution in [2.24, 2.45) is 0 Å². The Morgan fingerprint density at radius 1 is 0.590 bits per heavy atom. The van der Waals surface area contributed by atoms with E-state index in [-0.39, 0.29) is 32.0 Å². The highest BCUT2D eigenvalue weighted by Crippen LogP contribution is 2.25. The van der Waals surface area contributed by atoms with E-state index in [0.29, 0.717) is 0 Å². The van der Waals surface area contributed by atoms with E-state index in [1.165, 1.54) is 0 Å². The van der Waals surface area contributed by atoms with Gasteiger partial charge in [-0.15, -0.1) is 0 Å². The van der Waals surface area contributed by atoms with Gasteiger partial charge in [0.1, 0.15) is 19.3 Å². The van der Waals surface area contributed by atoms with Crippen LogP contribution in [0.2, 0.25) is 0 Å². The van der Waals surface area contributed by atoms with E-state index in [4.69, 9.17) is 9.47 Å². The highest BCUT2D eigenvalue weighted by molar-refractivity contribution is 5.91. The van der Waals surface area contributed by atoms with Crippen LogP contribution in [0.5, 0.6) is 0 Å². The fourth-order valence-electron chi connectivity index (χ4n) is 4.19. The topological polar surface area (TPSA) is 81.7 Å². The minimum atomic E-state index is -1.03. The van der Waals surface area contributed by atoms with Crippen LogP contribution in [-0.2, 0) is 37.1 Å². The number of amides is 1. The minimum absolute atomic E-state index is 0.0449. The van der Waals surface area contributed by atoms with Gasteiger partial charge in [0.05, 0.1) is 5.92 Å². The van der Waals surface area contributed by atoms with Gasteiger partial charge in [-0.25, -0.2) is 4.79 Å². The summed E-state index contributed by atoms with van der Waals surface area (Å²) in [7, 11) is 0. The highest BCUT2D eigenvalue weighted by atomic mass is 16.5. The third kappa shape index (κ3) is 8.40. The average molecular weight is 522 g/mol. The quantitative estimate of drug-likeness (QED) is 0.247. The Morgan fingerprint density at radius 3 is 1.51 bits per heavy atom. The lowest BCUT2D eigenvalue weighted by Gasteiger charge is -2.22. The first-order valence-electron chi connectivity index (χ1n) is 12.9. The molecule has 39 heavy (non-hydrogen) atoms. The molecule has 0 aliphatic heterocycles. The zero-order valence-corrected chi connectivity index (χ0v) is 21.6. The van der Waals surface area contributed by atoms with Crippen LogP contribution in [0, 0.1) is 0 Å². The number of nitrogens with one attached hydrogen (secondary N) is 1. The van der Waals surface area contributed by atoms with Gasteiger partial charge in [0.15, 0.2) is 0 Å². The van der Waals surface area contributed by atoms with Crippen molar-refractivity contribution in [3.8, 4) is 0 Å². The summed E-state index contributed by atoms with van der Waals surface area (Å²) in [4.78, 5) is 39.3. The first kappa shape index (κ1) is 27.3. The van der Waals surface area contributed by atoms with Gasteiger partial charge in [0.25, 0.3) is 0 Å². The molecule has 0 bridgehead atoms. The molecule has 0 aliphatic carbocycles. The zero-order valence-electron chi connectivity index (χ0n) is 21.6. The van der Waals surface area contributed by atoms with Gasteiger partial charge < -0.3 is 14.8 Å². The number of benzene rings is 4. The Morgan fingerprint density at radius 2 is 1.03 bits per heavy atom. The number of esters is 2. The van der Waals surface area contributed by atoms with Crippen molar-refractivity contribution in [3.05, 3.63) is 144 Å². The Labute approximate surface area is 228 Å². The molecule has 0 fully saturated rings. The van der Waals surface area contributed by atoms with E-state index in [1.807, 2.05) is 121 Å². The molecule has 0 spiro atoms. The summed E-state index contributed by atoms with van der Waals surface area (Å²) in [5.74, 6) is -2.06. The van der Waals surface area contributed by atoms with Crippen LogP contribution in [0.4, 0.5) is 0 Å². The van der Waals surface area contributed by atoms with Crippen LogP contribution in [0.15, 0.2) is 121 Å². The summed E-state index contributed by atoms with van der Waals surface area (Å²) in [5, 5.41) is 2.86. The van der Waals surface area contributed by atoms with Crippen molar-refractivity contribution in [2.75, 3.05) is 0 Å². The summed E-state index contributed by atoms with van der Waals surface area (Å²) in [5.41, 5.74) is 3.27. The van der Waals surface area contributed by atoms with Gasteiger partial charge in [-0.2, -0.15) is 0 Å². The fraction of sp³-hybridized carbons (Fsp3) is 0.182. The van der Waals surface area contributed by atoms with E-state index >= 15 is 0 Å². The summed E-state index contributed by atoms with van der Waals surface area (Å²) < 4.78 is 10.9. The van der Waals surface area contributed by atoms with Gasteiger partial charge in [-0.1, -0.05) is 121 Å². The highest BCUT2D eigenvalue weighted by Gasteiger charge is 2.29. The minimum Gasteiger partial charge on any atom is -0.461 e. The van der Waals surface area contributed by atoms with Crippen LogP contribution >= 0.6 is 0 Å². The molecule has 0 aromatic heterocycles. The van der Waals surface area contributed by atoms with Crippen molar-refractivity contribution in [3.63, 3.8) is 0 Å². The Balaban J connectivity index is 1.47. The number of hydrogen-bond acceptors (Lipinski definition) is 5. The van der Waals surface area contributed by atoms with Gasteiger partial charge in [0, 0.05) is 6.42 Å². The molecule has 6 heteroatoms. The number of hydrogen-bond donors (Lipinski definition) is 1. The summed E-state index contributed by atoms with van der Waals surface area (Å²) in [6.45, 7) is 0.199. The maximum absolute atomic E-state index is 13.7. The molecule has 0 aliphatic rings. The molecule has 6 nitrogen and oxygen atoms in total. The second kappa shape index (κ2) is 14.3. The Bertz CT molecular complexity index is 1290. The van der Waals surface area contributed by atoms with E-state index in [9.17, 15) is 14.4 Å². The first-order chi connectivity index (χ1) is 19.1. The van der Waals surface area contributed by atoms with E-state index in [2.05, 4.69) is 5.32 Å². The third-order valence-electron chi connectivity index (χ3n) is 6.23. The van der Waals surface area contributed by atoms with Crippen molar-refractivity contribution in [1.82, 2.24) is 5.32 Å². The van der Waals surface area contributed by atoms with Crippen molar-refractivity contribution >= 4 is 17.8 Å². The average Bonchev–Trinajstić information content (AvgIpc) is 2.99. The van der Waals surface area contributed by atoms with Crippen molar-refractivity contribution in [2.45, 2.75) is 38.0 Å². The molecule has 0 saturated carbocycles. The lowest BCUT2D eigenvalue weighted by molar-refractivity contribution is -0.150. The SMILES string of the molecule is O=C(CC[C@@H](NC(=O)C(c1ccccc1)c1ccccc1)C(=O)OCc1ccccc1)OCc1ccccc1. The maximum Gasteiger partial charge on any atom is 0.328 e. The Hall–Kier alpha value is -4.71.